The van der Waals surface area contributed by atoms with Crippen molar-refractivity contribution in [2.75, 3.05) is 6.61 Å². The minimum absolute atomic E-state index is 0.0175. The molecule has 2 N–H and O–H groups in total. The lowest BCUT2D eigenvalue weighted by molar-refractivity contribution is -0.143. The minimum Gasteiger partial charge on any atom is -0.481 e. The fraction of sp³-hybridized carbons (Fsp3) is 0.533. The Hall–Kier alpha value is -1.46. The quantitative estimate of drug-likeness (QED) is 0.768. The molecule has 0 radical (unpaired) electrons. The maximum Gasteiger partial charge on any atom is 0.306 e. The predicted octanol–water partition coefficient (Wildman–Crippen LogP) is 2.24. The first-order valence-corrected chi connectivity index (χ1v) is 6.65. The molecule has 4 nitrogen and oxygen atoms in total. The number of ether oxygens (including phenoxy) is 1. The van der Waals surface area contributed by atoms with Gasteiger partial charge in [0, 0.05) is 0 Å². The summed E-state index contributed by atoms with van der Waals surface area (Å²) in [5.74, 6) is -2.16. The molecule has 0 saturated heterocycles. The van der Waals surface area contributed by atoms with Gasteiger partial charge in [-0.3, -0.25) is 4.79 Å². The third-order valence-corrected chi connectivity index (χ3v) is 2.90. The summed E-state index contributed by atoms with van der Waals surface area (Å²) in [6.45, 7) is 3.78. The highest BCUT2D eigenvalue weighted by atomic mass is 19.1. The fourth-order valence-corrected chi connectivity index (χ4v) is 1.92. The number of halogens is 1. The Morgan fingerprint density at radius 3 is 2.65 bits per heavy atom. The molecule has 0 spiro atoms. The number of hydrogen-bond acceptors (Lipinski definition) is 3. The van der Waals surface area contributed by atoms with Gasteiger partial charge < -0.3 is 14.9 Å². The van der Waals surface area contributed by atoms with Crippen LogP contribution >= 0.6 is 0 Å². The zero-order chi connectivity index (χ0) is 15.1. The molecule has 112 valence electrons. The third kappa shape index (κ3) is 6.12. The molecule has 0 amide bonds. The number of carbonyl (C=O) groups is 1. The van der Waals surface area contributed by atoms with Gasteiger partial charge in [0.25, 0.3) is 0 Å². The molecule has 2 unspecified atom stereocenters. The molecule has 5 heteroatoms. The second-order valence-electron chi connectivity index (χ2n) is 5.14. The number of aliphatic hydroxyl groups excluding tert-OH is 1. The number of aliphatic carboxylic acids is 1. The van der Waals surface area contributed by atoms with Crippen LogP contribution in [0.15, 0.2) is 24.3 Å². The molecule has 0 saturated carbocycles. The van der Waals surface area contributed by atoms with Gasteiger partial charge in [0.2, 0.25) is 0 Å². The molecular formula is C15H21FO4. The second-order valence-corrected chi connectivity index (χ2v) is 5.14. The maximum absolute atomic E-state index is 13.1. The number of aliphatic hydroxyl groups is 1. The van der Waals surface area contributed by atoms with Crippen LogP contribution in [0.4, 0.5) is 4.39 Å². The highest BCUT2D eigenvalue weighted by Crippen LogP contribution is 2.16. The van der Waals surface area contributed by atoms with Crippen LogP contribution in [-0.2, 0) is 16.0 Å². The van der Waals surface area contributed by atoms with Gasteiger partial charge in [-0.25, -0.2) is 4.39 Å². The molecule has 0 heterocycles. The van der Waals surface area contributed by atoms with E-state index >= 15 is 0 Å². The van der Waals surface area contributed by atoms with E-state index in [-0.39, 0.29) is 25.6 Å². The molecule has 2 atom stereocenters. The van der Waals surface area contributed by atoms with E-state index in [1.165, 1.54) is 12.1 Å². The first kappa shape index (κ1) is 16.6. The second kappa shape index (κ2) is 7.97. The Balaban J connectivity index is 2.58. The summed E-state index contributed by atoms with van der Waals surface area (Å²) in [4.78, 5) is 11.2. The van der Waals surface area contributed by atoms with Crippen LogP contribution in [0.1, 0.15) is 25.8 Å². The van der Waals surface area contributed by atoms with Gasteiger partial charge in [-0.05, 0) is 44.4 Å². The Labute approximate surface area is 118 Å². The van der Waals surface area contributed by atoms with Crippen LogP contribution in [0.3, 0.4) is 0 Å². The number of carboxylic acids is 1. The van der Waals surface area contributed by atoms with Crippen molar-refractivity contribution < 1.29 is 24.1 Å². The van der Waals surface area contributed by atoms with Crippen molar-refractivity contribution >= 4 is 5.97 Å². The van der Waals surface area contributed by atoms with Gasteiger partial charge in [-0.1, -0.05) is 12.1 Å². The summed E-state index contributed by atoms with van der Waals surface area (Å²) >= 11 is 0. The topological polar surface area (TPSA) is 66.8 Å². The van der Waals surface area contributed by atoms with Crippen molar-refractivity contribution in [1.82, 2.24) is 0 Å². The molecule has 1 aromatic carbocycles. The van der Waals surface area contributed by atoms with Gasteiger partial charge >= 0.3 is 5.97 Å². The summed E-state index contributed by atoms with van der Waals surface area (Å²) in [6, 6.07) is 5.84. The van der Waals surface area contributed by atoms with Crippen LogP contribution < -0.4 is 0 Å². The number of carboxylic acid groups (broad SMARTS) is 1. The first-order chi connectivity index (χ1) is 9.38. The molecule has 0 bridgehead atoms. The van der Waals surface area contributed by atoms with Crippen molar-refractivity contribution in [3.63, 3.8) is 0 Å². The van der Waals surface area contributed by atoms with Gasteiger partial charge in [0.05, 0.1) is 24.7 Å². The lowest BCUT2D eigenvalue weighted by Crippen LogP contribution is -2.26. The smallest absolute Gasteiger partial charge is 0.306 e. The zero-order valence-electron chi connectivity index (χ0n) is 11.8. The highest BCUT2D eigenvalue weighted by Gasteiger charge is 2.22. The normalized spacial score (nSPS) is 14.2. The number of benzene rings is 1. The van der Waals surface area contributed by atoms with E-state index in [1.54, 1.807) is 12.1 Å². The lowest BCUT2D eigenvalue weighted by Gasteiger charge is -2.18. The predicted molar refractivity (Wildman–Crippen MR) is 72.9 cm³/mol. The summed E-state index contributed by atoms with van der Waals surface area (Å²) in [7, 11) is 0. The molecule has 0 fully saturated rings. The van der Waals surface area contributed by atoms with Crippen LogP contribution in [0.2, 0.25) is 0 Å². The molecule has 0 aliphatic rings. The minimum atomic E-state index is -1.00. The summed E-state index contributed by atoms with van der Waals surface area (Å²) in [5.41, 5.74) is 0.606. The number of hydrogen-bond donors (Lipinski definition) is 2. The van der Waals surface area contributed by atoms with Crippen molar-refractivity contribution in [1.29, 1.82) is 0 Å². The molecule has 0 aliphatic heterocycles. The van der Waals surface area contributed by atoms with E-state index in [2.05, 4.69) is 0 Å². The van der Waals surface area contributed by atoms with Crippen molar-refractivity contribution in [3.05, 3.63) is 35.6 Å². The SMILES string of the molecule is CC(C)OCC(O)CC(Cc1cccc(F)c1)C(=O)O. The summed E-state index contributed by atoms with van der Waals surface area (Å²) < 4.78 is 18.3. The molecule has 1 rings (SSSR count). The molecular weight excluding hydrogens is 263 g/mol. The Morgan fingerprint density at radius 1 is 1.40 bits per heavy atom. The van der Waals surface area contributed by atoms with E-state index in [4.69, 9.17) is 4.74 Å². The van der Waals surface area contributed by atoms with E-state index in [0.29, 0.717) is 5.56 Å². The standard InChI is InChI=1S/C15H21FO4/c1-10(2)20-9-14(17)8-12(15(18)19)6-11-4-3-5-13(16)7-11/h3-5,7,10,12,14,17H,6,8-9H2,1-2H3,(H,18,19). The average Bonchev–Trinajstić information content (AvgIpc) is 2.35. The van der Waals surface area contributed by atoms with Crippen molar-refractivity contribution in [2.45, 2.75) is 38.9 Å². The van der Waals surface area contributed by atoms with Crippen LogP contribution in [0.5, 0.6) is 0 Å². The maximum atomic E-state index is 13.1. The zero-order valence-corrected chi connectivity index (χ0v) is 11.8. The Kier molecular flexibility index (Phi) is 6.61. The lowest BCUT2D eigenvalue weighted by atomic mass is 9.94. The van der Waals surface area contributed by atoms with Crippen LogP contribution in [0.25, 0.3) is 0 Å². The van der Waals surface area contributed by atoms with E-state index in [1.807, 2.05) is 13.8 Å². The number of rotatable bonds is 8. The van der Waals surface area contributed by atoms with Crippen LogP contribution in [-0.4, -0.2) is 35.0 Å². The van der Waals surface area contributed by atoms with Gasteiger partial charge in [0.15, 0.2) is 0 Å². The Morgan fingerprint density at radius 2 is 2.10 bits per heavy atom. The average molecular weight is 284 g/mol. The van der Waals surface area contributed by atoms with Gasteiger partial charge in [-0.15, -0.1) is 0 Å². The van der Waals surface area contributed by atoms with Crippen molar-refractivity contribution in [2.24, 2.45) is 5.92 Å². The fourth-order valence-electron chi connectivity index (χ4n) is 1.92. The highest BCUT2D eigenvalue weighted by molar-refractivity contribution is 5.70. The van der Waals surface area contributed by atoms with Crippen molar-refractivity contribution in [3.8, 4) is 0 Å². The van der Waals surface area contributed by atoms with E-state index in [9.17, 15) is 19.4 Å². The summed E-state index contributed by atoms with van der Waals surface area (Å²) in [6.07, 6.45) is -0.590. The molecule has 20 heavy (non-hydrogen) atoms. The largest absolute Gasteiger partial charge is 0.481 e. The molecule has 0 aromatic heterocycles. The van der Waals surface area contributed by atoms with Crippen LogP contribution in [0, 0.1) is 11.7 Å². The van der Waals surface area contributed by atoms with Gasteiger partial charge in [0.1, 0.15) is 5.82 Å². The monoisotopic (exact) mass is 284 g/mol. The first-order valence-electron chi connectivity index (χ1n) is 6.65. The molecule has 0 aliphatic carbocycles. The van der Waals surface area contributed by atoms with E-state index in [0.717, 1.165) is 0 Å². The third-order valence-electron chi connectivity index (χ3n) is 2.90. The molecule has 1 aromatic rings. The Bertz CT molecular complexity index is 434. The van der Waals surface area contributed by atoms with Gasteiger partial charge in [-0.2, -0.15) is 0 Å². The summed E-state index contributed by atoms with van der Waals surface area (Å²) in [5, 5.41) is 19.0. The van der Waals surface area contributed by atoms with E-state index < -0.39 is 23.8 Å².